The summed E-state index contributed by atoms with van der Waals surface area (Å²) in [4.78, 5) is 3.85. The third kappa shape index (κ3) is 5.61. The van der Waals surface area contributed by atoms with Gasteiger partial charge >= 0.3 is 0 Å². The van der Waals surface area contributed by atoms with Gasteiger partial charge in [-0.15, -0.1) is 11.3 Å². The molecular weight excluding hydrogens is 330 g/mol. The summed E-state index contributed by atoms with van der Waals surface area (Å²) in [7, 11) is 0. The highest BCUT2D eigenvalue weighted by atomic mass is 32.1. The van der Waals surface area contributed by atoms with Crippen molar-refractivity contribution in [3.8, 4) is 17.6 Å². The molecule has 1 aliphatic rings. The highest BCUT2D eigenvalue weighted by Crippen LogP contribution is 2.23. The first-order chi connectivity index (χ1) is 12.2. The van der Waals surface area contributed by atoms with Gasteiger partial charge < -0.3 is 9.84 Å². The number of benzene rings is 1. The van der Waals surface area contributed by atoms with Gasteiger partial charge in [0.2, 0.25) is 0 Å². The Kier molecular flexibility index (Phi) is 6.52. The van der Waals surface area contributed by atoms with Gasteiger partial charge in [0.15, 0.2) is 0 Å². The zero-order valence-corrected chi connectivity index (χ0v) is 15.5. The van der Waals surface area contributed by atoms with Crippen LogP contribution in [0.15, 0.2) is 35.7 Å². The van der Waals surface area contributed by atoms with Gasteiger partial charge in [-0.25, -0.2) is 0 Å². The molecule has 2 heterocycles. The van der Waals surface area contributed by atoms with E-state index < -0.39 is 0 Å². The number of thiophene rings is 1. The molecule has 1 fully saturated rings. The molecule has 132 valence electrons. The van der Waals surface area contributed by atoms with Gasteiger partial charge in [-0.2, -0.15) is 0 Å². The molecule has 1 saturated heterocycles. The fourth-order valence-corrected chi connectivity index (χ4v) is 4.03. The number of aliphatic hydroxyl groups is 1. The largest absolute Gasteiger partial charge is 0.493 e. The Balaban J connectivity index is 1.49. The topological polar surface area (TPSA) is 32.7 Å². The molecule has 1 N–H and O–H groups in total. The van der Waals surface area contributed by atoms with Crippen LogP contribution in [0.2, 0.25) is 0 Å². The van der Waals surface area contributed by atoms with Crippen LogP contribution in [-0.2, 0) is 6.54 Å². The van der Waals surface area contributed by atoms with Gasteiger partial charge in [-0.05, 0) is 44.5 Å². The van der Waals surface area contributed by atoms with Gasteiger partial charge in [0.05, 0.1) is 6.61 Å². The lowest BCUT2D eigenvalue weighted by atomic mass is 9.99. The van der Waals surface area contributed by atoms with Crippen molar-refractivity contribution >= 4 is 11.3 Å². The number of aliphatic hydroxyl groups excluding tert-OH is 1. The summed E-state index contributed by atoms with van der Waals surface area (Å²) in [6.07, 6.45) is 2.46. The lowest BCUT2D eigenvalue weighted by Gasteiger charge is -2.32. The second kappa shape index (κ2) is 9.05. The van der Waals surface area contributed by atoms with E-state index in [9.17, 15) is 0 Å². The Morgan fingerprint density at radius 1 is 1.32 bits per heavy atom. The van der Waals surface area contributed by atoms with E-state index in [0.29, 0.717) is 5.92 Å². The lowest BCUT2D eigenvalue weighted by molar-refractivity contribution is 0.126. The molecule has 1 aliphatic heterocycles. The Morgan fingerprint density at radius 3 is 2.96 bits per heavy atom. The molecule has 0 aliphatic carbocycles. The first-order valence-corrected chi connectivity index (χ1v) is 9.70. The monoisotopic (exact) mass is 355 g/mol. The fraction of sp³-hybridized carbons (Fsp3) is 0.429. The minimum absolute atomic E-state index is 0.0834. The summed E-state index contributed by atoms with van der Waals surface area (Å²) in [6, 6.07) is 10.4. The van der Waals surface area contributed by atoms with Crippen molar-refractivity contribution in [1.82, 2.24) is 4.90 Å². The second-order valence-corrected chi connectivity index (χ2v) is 7.62. The van der Waals surface area contributed by atoms with Gasteiger partial charge in [0.1, 0.15) is 12.4 Å². The zero-order valence-electron chi connectivity index (χ0n) is 14.7. The minimum Gasteiger partial charge on any atom is -0.493 e. The van der Waals surface area contributed by atoms with E-state index in [2.05, 4.69) is 59.4 Å². The zero-order chi connectivity index (χ0) is 17.5. The van der Waals surface area contributed by atoms with E-state index in [4.69, 9.17) is 9.84 Å². The number of ether oxygens (including phenoxy) is 1. The predicted molar refractivity (Wildman–Crippen MR) is 103 cm³/mol. The van der Waals surface area contributed by atoms with Crippen LogP contribution in [0.3, 0.4) is 0 Å². The van der Waals surface area contributed by atoms with Crippen LogP contribution < -0.4 is 4.74 Å². The average Bonchev–Trinajstić information content (AvgIpc) is 3.07. The molecule has 3 nitrogen and oxygen atoms in total. The fourth-order valence-electron chi connectivity index (χ4n) is 3.17. The van der Waals surface area contributed by atoms with Gasteiger partial charge in [0, 0.05) is 34.8 Å². The second-order valence-electron chi connectivity index (χ2n) is 6.63. The molecule has 4 heteroatoms. The molecule has 1 atom stereocenters. The van der Waals surface area contributed by atoms with Crippen molar-refractivity contribution in [1.29, 1.82) is 0 Å². The van der Waals surface area contributed by atoms with Crippen LogP contribution in [0.4, 0.5) is 0 Å². The van der Waals surface area contributed by atoms with Crippen LogP contribution >= 0.6 is 11.3 Å². The van der Waals surface area contributed by atoms with E-state index in [0.717, 1.165) is 37.6 Å². The van der Waals surface area contributed by atoms with Crippen molar-refractivity contribution in [3.05, 3.63) is 51.7 Å². The SMILES string of the molecule is Cc1ccc(OC[C@H]2CCCN(Cc3cc(C#CCO)cs3)C2)cc1. The third-order valence-electron chi connectivity index (χ3n) is 4.45. The first-order valence-electron chi connectivity index (χ1n) is 8.82. The summed E-state index contributed by atoms with van der Waals surface area (Å²) >= 11 is 1.75. The van der Waals surface area contributed by atoms with Gasteiger partial charge in [0.25, 0.3) is 0 Å². The predicted octanol–water partition coefficient (Wildman–Crippen LogP) is 3.69. The molecule has 0 bridgehead atoms. The average molecular weight is 356 g/mol. The Morgan fingerprint density at radius 2 is 2.16 bits per heavy atom. The van der Waals surface area contributed by atoms with E-state index in [-0.39, 0.29) is 6.61 Å². The molecule has 0 radical (unpaired) electrons. The maximum atomic E-state index is 8.78. The number of hydrogen-bond donors (Lipinski definition) is 1. The Labute approximate surface area is 154 Å². The summed E-state index contributed by atoms with van der Waals surface area (Å²) in [5, 5.41) is 10.9. The molecule has 0 saturated carbocycles. The molecule has 1 aromatic heterocycles. The maximum Gasteiger partial charge on any atom is 0.119 e. The first kappa shape index (κ1) is 18.0. The van der Waals surface area contributed by atoms with E-state index in [1.165, 1.54) is 23.3 Å². The van der Waals surface area contributed by atoms with Crippen molar-refractivity contribution in [2.24, 2.45) is 5.92 Å². The van der Waals surface area contributed by atoms with E-state index in [1.54, 1.807) is 11.3 Å². The molecule has 1 aromatic carbocycles. The quantitative estimate of drug-likeness (QED) is 0.830. The highest BCUT2D eigenvalue weighted by Gasteiger charge is 2.21. The summed E-state index contributed by atoms with van der Waals surface area (Å²) in [5.41, 5.74) is 2.26. The summed E-state index contributed by atoms with van der Waals surface area (Å²) < 4.78 is 5.98. The van der Waals surface area contributed by atoms with Crippen molar-refractivity contribution in [3.63, 3.8) is 0 Å². The summed E-state index contributed by atoms with van der Waals surface area (Å²) in [5.74, 6) is 7.23. The summed E-state index contributed by atoms with van der Waals surface area (Å²) in [6.45, 7) is 6.01. The van der Waals surface area contributed by atoms with Gasteiger partial charge in [-0.1, -0.05) is 29.5 Å². The third-order valence-corrected chi connectivity index (χ3v) is 5.38. The Hall–Kier alpha value is -1.80. The molecule has 0 spiro atoms. The molecular formula is C21H25NO2S. The molecule has 2 aromatic rings. The molecule has 3 rings (SSSR count). The van der Waals surface area contributed by atoms with Crippen molar-refractivity contribution in [2.45, 2.75) is 26.3 Å². The minimum atomic E-state index is -0.0834. The van der Waals surface area contributed by atoms with Crippen LogP contribution in [0.1, 0.15) is 28.8 Å². The molecule has 0 amide bonds. The van der Waals surface area contributed by atoms with Crippen LogP contribution in [0, 0.1) is 24.7 Å². The molecule has 0 unspecified atom stereocenters. The number of piperidine rings is 1. The van der Waals surface area contributed by atoms with E-state index in [1.807, 2.05) is 0 Å². The highest BCUT2D eigenvalue weighted by molar-refractivity contribution is 7.10. The number of hydrogen-bond acceptors (Lipinski definition) is 4. The Bertz CT molecular complexity index is 726. The maximum absolute atomic E-state index is 8.78. The lowest BCUT2D eigenvalue weighted by Crippen LogP contribution is -2.37. The van der Waals surface area contributed by atoms with Crippen LogP contribution in [-0.4, -0.2) is 36.3 Å². The molecule has 25 heavy (non-hydrogen) atoms. The van der Waals surface area contributed by atoms with Crippen molar-refractivity contribution in [2.75, 3.05) is 26.3 Å². The van der Waals surface area contributed by atoms with Crippen LogP contribution in [0.25, 0.3) is 0 Å². The number of nitrogens with zero attached hydrogens (tertiary/aromatic N) is 1. The van der Waals surface area contributed by atoms with Crippen LogP contribution in [0.5, 0.6) is 5.75 Å². The number of rotatable bonds is 5. The smallest absolute Gasteiger partial charge is 0.119 e. The normalized spacial score (nSPS) is 17.8. The number of aryl methyl sites for hydroxylation is 1. The standard InChI is InChI=1S/C21H25NO2S/c1-17-6-8-20(9-7-17)24-15-19-4-2-10-22(13-19)14-21-12-18(16-25-21)5-3-11-23/h6-9,12,16,19,23H,2,4,10-11,13-15H2,1H3/t19-/m0/s1. The van der Waals surface area contributed by atoms with Crippen molar-refractivity contribution < 1.29 is 9.84 Å². The van der Waals surface area contributed by atoms with E-state index >= 15 is 0 Å². The van der Waals surface area contributed by atoms with Gasteiger partial charge in [-0.3, -0.25) is 4.90 Å². The number of likely N-dealkylation sites (tertiary alicyclic amines) is 1.